The molecule has 32 heavy (non-hydrogen) atoms. The van der Waals surface area contributed by atoms with Gasteiger partial charge in [-0.2, -0.15) is 5.10 Å². The fourth-order valence-electron chi connectivity index (χ4n) is 4.10. The summed E-state index contributed by atoms with van der Waals surface area (Å²) in [4.78, 5) is 17.1. The number of carboxylic acid groups (broad SMARTS) is 1. The minimum absolute atomic E-state index is 0.0157. The van der Waals surface area contributed by atoms with E-state index in [2.05, 4.69) is 22.5 Å². The number of benzene rings is 1. The molecule has 0 bridgehead atoms. The van der Waals surface area contributed by atoms with Crippen molar-refractivity contribution in [2.75, 3.05) is 18.5 Å². The molecule has 0 spiro atoms. The molecule has 1 atom stereocenters. The summed E-state index contributed by atoms with van der Waals surface area (Å²) in [5.41, 5.74) is 3.19. The van der Waals surface area contributed by atoms with Gasteiger partial charge in [0.05, 0.1) is 30.8 Å². The number of rotatable bonds is 8. The van der Waals surface area contributed by atoms with Gasteiger partial charge in [0.25, 0.3) is 0 Å². The molecule has 1 aliphatic heterocycles. The van der Waals surface area contributed by atoms with Crippen molar-refractivity contribution in [3.8, 4) is 5.75 Å². The van der Waals surface area contributed by atoms with Crippen LogP contribution in [0.25, 0.3) is 10.9 Å². The Balaban J connectivity index is 1.29. The number of pyridine rings is 1. The first-order chi connectivity index (χ1) is 15.7. The molecule has 0 aliphatic carbocycles. The normalized spacial score (nSPS) is 14.0. The number of nitrogens with one attached hydrogen (secondary N) is 1. The lowest BCUT2D eigenvalue weighted by atomic mass is 10.1. The second-order valence-electron chi connectivity index (χ2n) is 7.88. The molecule has 4 aromatic rings. The number of hydrogen-bond acceptors (Lipinski definition) is 6. The highest BCUT2D eigenvalue weighted by Crippen LogP contribution is 2.30. The summed E-state index contributed by atoms with van der Waals surface area (Å²) in [5.74, 6) is 0.918. The van der Waals surface area contributed by atoms with E-state index in [-0.39, 0.29) is 12.5 Å². The average molecular weight is 449 g/mol. The lowest BCUT2D eigenvalue weighted by molar-refractivity contribution is -0.137. The van der Waals surface area contributed by atoms with Crippen LogP contribution >= 0.6 is 11.3 Å². The van der Waals surface area contributed by atoms with Gasteiger partial charge in [0.15, 0.2) is 0 Å². The number of anilines is 1. The quantitative estimate of drug-likeness (QED) is 0.411. The van der Waals surface area contributed by atoms with Crippen LogP contribution in [0.3, 0.4) is 0 Å². The number of nitrogens with zero attached hydrogens (tertiary/aromatic N) is 3. The van der Waals surface area contributed by atoms with Crippen molar-refractivity contribution in [2.45, 2.75) is 31.7 Å². The molecule has 1 aromatic carbocycles. The molecule has 0 fully saturated rings. The summed E-state index contributed by atoms with van der Waals surface area (Å²) in [6.45, 7) is 1.51. The highest BCUT2D eigenvalue weighted by molar-refractivity contribution is 7.10. The van der Waals surface area contributed by atoms with Crippen molar-refractivity contribution in [1.29, 1.82) is 0 Å². The number of carboxylic acids is 1. The monoisotopic (exact) mass is 448 g/mol. The van der Waals surface area contributed by atoms with Crippen LogP contribution in [0.15, 0.2) is 54.0 Å². The SMILES string of the molecule is O=C(O)CC(c1cccs1)n1ncc2cc(OCCc3ccc4c(n3)NCCC4)ccc21. The van der Waals surface area contributed by atoms with Gasteiger partial charge < -0.3 is 15.2 Å². The van der Waals surface area contributed by atoms with Crippen molar-refractivity contribution in [3.63, 3.8) is 0 Å². The van der Waals surface area contributed by atoms with Crippen molar-refractivity contribution < 1.29 is 14.6 Å². The Morgan fingerprint density at radius 2 is 2.22 bits per heavy atom. The fraction of sp³-hybridized carbons (Fsp3) is 0.292. The Kier molecular flexibility index (Phi) is 5.77. The first kappa shape index (κ1) is 20.5. The Morgan fingerprint density at radius 1 is 1.28 bits per heavy atom. The van der Waals surface area contributed by atoms with Crippen molar-refractivity contribution >= 4 is 34.0 Å². The van der Waals surface area contributed by atoms with E-state index >= 15 is 0 Å². The van der Waals surface area contributed by atoms with E-state index in [0.717, 1.165) is 58.8 Å². The summed E-state index contributed by atoms with van der Waals surface area (Å²) in [5, 5.41) is 20.1. The van der Waals surface area contributed by atoms with Gasteiger partial charge >= 0.3 is 5.97 Å². The van der Waals surface area contributed by atoms with Crippen LogP contribution in [-0.2, 0) is 17.6 Å². The van der Waals surface area contributed by atoms with Crippen LogP contribution in [0.4, 0.5) is 5.82 Å². The molecule has 8 heteroatoms. The highest BCUT2D eigenvalue weighted by Gasteiger charge is 2.21. The van der Waals surface area contributed by atoms with E-state index in [1.54, 1.807) is 22.2 Å². The minimum Gasteiger partial charge on any atom is -0.493 e. The van der Waals surface area contributed by atoms with Gasteiger partial charge in [-0.05, 0) is 54.1 Å². The zero-order valence-electron chi connectivity index (χ0n) is 17.5. The molecule has 7 nitrogen and oxygen atoms in total. The van der Waals surface area contributed by atoms with Crippen molar-refractivity contribution in [3.05, 3.63) is 70.2 Å². The number of aromatic nitrogens is 3. The van der Waals surface area contributed by atoms with Crippen LogP contribution in [0.1, 0.15) is 35.0 Å². The molecule has 0 saturated heterocycles. The van der Waals surface area contributed by atoms with Crippen molar-refractivity contribution in [2.24, 2.45) is 0 Å². The lowest BCUT2D eigenvalue weighted by Gasteiger charge is -2.17. The number of fused-ring (bicyclic) bond motifs is 2. The van der Waals surface area contributed by atoms with Crippen LogP contribution < -0.4 is 10.1 Å². The van der Waals surface area contributed by atoms with Crippen LogP contribution in [0.2, 0.25) is 0 Å². The first-order valence-electron chi connectivity index (χ1n) is 10.8. The molecule has 2 N–H and O–H groups in total. The topological polar surface area (TPSA) is 89.3 Å². The molecule has 1 aliphatic rings. The summed E-state index contributed by atoms with van der Waals surface area (Å²) in [6, 6.07) is 13.6. The number of aryl methyl sites for hydroxylation is 1. The van der Waals surface area contributed by atoms with E-state index in [0.29, 0.717) is 6.61 Å². The predicted octanol–water partition coefficient (Wildman–Crippen LogP) is 4.54. The molecule has 0 amide bonds. The largest absolute Gasteiger partial charge is 0.493 e. The molecule has 164 valence electrons. The summed E-state index contributed by atoms with van der Waals surface area (Å²) in [6.07, 6.45) is 4.71. The minimum atomic E-state index is -0.849. The molecular weight excluding hydrogens is 424 g/mol. The number of aliphatic carboxylic acids is 1. The summed E-state index contributed by atoms with van der Waals surface area (Å²) in [7, 11) is 0. The third-order valence-corrected chi connectivity index (χ3v) is 6.65. The van der Waals surface area contributed by atoms with E-state index < -0.39 is 5.97 Å². The van der Waals surface area contributed by atoms with Gasteiger partial charge in [0.2, 0.25) is 0 Å². The molecular formula is C24H24N4O3S. The number of carbonyl (C=O) groups is 1. The zero-order valence-corrected chi connectivity index (χ0v) is 18.3. The second kappa shape index (κ2) is 9.00. The van der Waals surface area contributed by atoms with E-state index in [9.17, 15) is 9.90 Å². The third-order valence-electron chi connectivity index (χ3n) is 5.68. The average Bonchev–Trinajstić information content (AvgIpc) is 3.47. The van der Waals surface area contributed by atoms with E-state index in [1.807, 2.05) is 35.7 Å². The molecule has 0 saturated carbocycles. The standard InChI is InChI=1S/C24H24N4O3S/c29-23(30)14-21(22-4-2-12-32-22)28-20-8-7-19(13-17(20)15-26-28)31-11-9-18-6-5-16-3-1-10-25-24(16)27-18/h2,4-8,12-13,15,21H,1,3,9-11,14H2,(H,25,27)(H,29,30). The van der Waals surface area contributed by atoms with Crippen molar-refractivity contribution in [1.82, 2.24) is 14.8 Å². The molecule has 1 unspecified atom stereocenters. The highest BCUT2D eigenvalue weighted by atomic mass is 32.1. The van der Waals surface area contributed by atoms with E-state index in [4.69, 9.17) is 9.72 Å². The summed E-state index contributed by atoms with van der Waals surface area (Å²) < 4.78 is 7.77. The Hall–Kier alpha value is -3.39. The maximum atomic E-state index is 11.4. The van der Waals surface area contributed by atoms with Crippen LogP contribution in [-0.4, -0.2) is 39.0 Å². The van der Waals surface area contributed by atoms with E-state index in [1.165, 1.54) is 5.56 Å². The van der Waals surface area contributed by atoms with Gasteiger partial charge in [-0.1, -0.05) is 12.1 Å². The van der Waals surface area contributed by atoms with Crippen LogP contribution in [0, 0.1) is 0 Å². The van der Waals surface area contributed by atoms with Gasteiger partial charge in [-0.25, -0.2) is 4.98 Å². The Morgan fingerprint density at radius 3 is 3.06 bits per heavy atom. The van der Waals surface area contributed by atoms with Crippen LogP contribution in [0.5, 0.6) is 5.75 Å². The van der Waals surface area contributed by atoms with Gasteiger partial charge in [-0.3, -0.25) is 9.48 Å². The number of ether oxygens (including phenoxy) is 1. The molecule has 0 radical (unpaired) electrons. The van der Waals surface area contributed by atoms with Gasteiger partial charge in [-0.15, -0.1) is 11.3 Å². The zero-order chi connectivity index (χ0) is 21.9. The molecule has 4 heterocycles. The maximum absolute atomic E-state index is 11.4. The second-order valence-corrected chi connectivity index (χ2v) is 8.86. The predicted molar refractivity (Wildman–Crippen MR) is 125 cm³/mol. The summed E-state index contributed by atoms with van der Waals surface area (Å²) >= 11 is 1.54. The molecule has 5 rings (SSSR count). The fourth-order valence-corrected chi connectivity index (χ4v) is 4.92. The van der Waals surface area contributed by atoms with Gasteiger partial charge in [0.1, 0.15) is 11.6 Å². The number of thiophene rings is 1. The number of hydrogen-bond donors (Lipinski definition) is 2. The smallest absolute Gasteiger partial charge is 0.305 e. The Labute approximate surface area is 189 Å². The third kappa shape index (κ3) is 4.31. The van der Waals surface area contributed by atoms with Gasteiger partial charge in [0, 0.05) is 28.9 Å². The first-order valence-corrected chi connectivity index (χ1v) is 11.6. The lowest BCUT2D eigenvalue weighted by Crippen LogP contribution is -2.15. The molecule has 3 aromatic heterocycles. The Bertz CT molecular complexity index is 1240. The maximum Gasteiger partial charge on any atom is 0.305 e.